The quantitative estimate of drug-likeness (QED) is 0.362. The lowest BCUT2D eigenvalue weighted by Crippen LogP contribution is -2.18. The monoisotopic (exact) mass is 316 g/mol. The van der Waals surface area contributed by atoms with Gasteiger partial charge in [-0.15, -0.1) is 0 Å². The van der Waals surface area contributed by atoms with Crippen LogP contribution in [0.25, 0.3) is 6.08 Å². The highest BCUT2D eigenvalue weighted by Gasteiger charge is 2.30. The molecule has 22 heavy (non-hydrogen) atoms. The Morgan fingerprint density at radius 3 is 1.82 bits per heavy atom. The summed E-state index contributed by atoms with van der Waals surface area (Å²) in [5.74, 6) is -1.78. The van der Waals surface area contributed by atoms with Crippen LogP contribution in [0, 0.1) is 0 Å². The van der Waals surface area contributed by atoms with E-state index in [1.165, 1.54) is 0 Å². The van der Waals surface area contributed by atoms with Crippen molar-refractivity contribution in [3.63, 3.8) is 0 Å². The van der Waals surface area contributed by atoms with Crippen molar-refractivity contribution in [2.24, 2.45) is 0 Å². The SMILES string of the molecule is CCOC(=O)C(=Cc1ccc(C(F)(F)F)cc1)C(=O)OCC. The third-order valence-electron chi connectivity index (χ3n) is 2.54. The van der Waals surface area contributed by atoms with Crippen molar-refractivity contribution in [1.29, 1.82) is 0 Å². The molecule has 0 saturated heterocycles. The van der Waals surface area contributed by atoms with Crippen molar-refractivity contribution in [2.45, 2.75) is 20.0 Å². The Morgan fingerprint density at radius 2 is 1.45 bits per heavy atom. The Labute approximate surface area is 125 Å². The lowest BCUT2D eigenvalue weighted by Gasteiger charge is -2.08. The zero-order valence-corrected chi connectivity index (χ0v) is 12.1. The minimum Gasteiger partial charge on any atom is -0.462 e. The Kier molecular flexibility index (Phi) is 6.15. The number of rotatable bonds is 5. The molecule has 0 unspecified atom stereocenters. The van der Waals surface area contributed by atoms with Gasteiger partial charge in [0, 0.05) is 0 Å². The van der Waals surface area contributed by atoms with Gasteiger partial charge in [0.05, 0.1) is 18.8 Å². The maximum atomic E-state index is 12.5. The maximum absolute atomic E-state index is 12.5. The molecule has 0 aliphatic carbocycles. The molecule has 0 radical (unpaired) electrons. The molecule has 0 aliphatic heterocycles. The van der Waals surface area contributed by atoms with E-state index in [1.807, 2.05) is 0 Å². The molecule has 0 amide bonds. The van der Waals surface area contributed by atoms with Crippen molar-refractivity contribution in [3.8, 4) is 0 Å². The van der Waals surface area contributed by atoms with Gasteiger partial charge in [0.1, 0.15) is 5.57 Å². The van der Waals surface area contributed by atoms with E-state index in [9.17, 15) is 22.8 Å². The van der Waals surface area contributed by atoms with E-state index in [0.717, 1.165) is 30.3 Å². The first-order valence-corrected chi connectivity index (χ1v) is 6.52. The van der Waals surface area contributed by atoms with Crippen LogP contribution >= 0.6 is 0 Å². The van der Waals surface area contributed by atoms with Gasteiger partial charge in [-0.3, -0.25) is 0 Å². The predicted molar refractivity (Wildman–Crippen MR) is 72.7 cm³/mol. The molecule has 7 heteroatoms. The summed E-state index contributed by atoms with van der Waals surface area (Å²) in [5.41, 5.74) is -0.939. The minimum absolute atomic E-state index is 0.0581. The Bertz CT molecular complexity index is 539. The Hall–Kier alpha value is -2.31. The van der Waals surface area contributed by atoms with Gasteiger partial charge in [-0.25, -0.2) is 9.59 Å². The van der Waals surface area contributed by atoms with Gasteiger partial charge < -0.3 is 9.47 Å². The van der Waals surface area contributed by atoms with E-state index >= 15 is 0 Å². The molecule has 0 heterocycles. The van der Waals surface area contributed by atoms with E-state index in [2.05, 4.69) is 0 Å². The van der Waals surface area contributed by atoms with Crippen LogP contribution in [0.5, 0.6) is 0 Å². The summed E-state index contributed by atoms with van der Waals surface area (Å²) < 4.78 is 46.9. The summed E-state index contributed by atoms with van der Waals surface area (Å²) >= 11 is 0. The molecule has 0 aromatic heterocycles. The van der Waals surface area contributed by atoms with Gasteiger partial charge in [-0.1, -0.05) is 12.1 Å². The molecule has 0 N–H and O–H groups in total. The minimum atomic E-state index is -4.45. The predicted octanol–water partition coefficient (Wildman–Crippen LogP) is 3.22. The van der Waals surface area contributed by atoms with Crippen LogP contribution in [-0.2, 0) is 25.2 Å². The fourth-order valence-electron chi connectivity index (χ4n) is 1.55. The number of hydrogen-bond acceptors (Lipinski definition) is 4. The van der Waals surface area contributed by atoms with Crippen LogP contribution in [0.4, 0.5) is 13.2 Å². The number of esters is 2. The molecule has 1 rings (SSSR count). The maximum Gasteiger partial charge on any atom is 0.416 e. The van der Waals surface area contributed by atoms with Crippen LogP contribution in [0.1, 0.15) is 25.0 Å². The normalized spacial score (nSPS) is 10.8. The Morgan fingerprint density at radius 1 is 1.00 bits per heavy atom. The molecule has 0 bridgehead atoms. The second-order valence-corrected chi connectivity index (χ2v) is 4.12. The lowest BCUT2D eigenvalue weighted by atomic mass is 10.1. The van der Waals surface area contributed by atoms with Crippen molar-refractivity contribution in [3.05, 3.63) is 41.0 Å². The van der Waals surface area contributed by atoms with Gasteiger partial charge in [-0.05, 0) is 37.6 Å². The van der Waals surface area contributed by atoms with Crippen molar-refractivity contribution in [1.82, 2.24) is 0 Å². The summed E-state index contributed by atoms with van der Waals surface area (Å²) in [6.45, 7) is 3.25. The summed E-state index contributed by atoms with van der Waals surface area (Å²) in [6.07, 6.45) is -3.32. The van der Waals surface area contributed by atoms with Gasteiger partial charge in [0.15, 0.2) is 0 Å². The first-order chi connectivity index (χ1) is 10.3. The lowest BCUT2D eigenvalue weighted by molar-refractivity contribution is -0.146. The molecule has 0 atom stereocenters. The summed E-state index contributed by atoms with van der Waals surface area (Å²) in [6, 6.07) is 4.03. The van der Waals surface area contributed by atoms with Crippen LogP contribution in [0.15, 0.2) is 29.8 Å². The van der Waals surface area contributed by atoms with E-state index in [4.69, 9.17) is 9.47 Å². The van der Waals surface area contributed by atoms with Crippen LogP contribution in [0.3, 0.4) is 0 Å². The molecule has 0 fully saturated rings. The molecule has 0 spiro atoms. The molecular formula is C15H15F3O4. The average Bonchev–Trinajstić information content (AvgIpc) is 2.44. The number of benzene rings is 1. The second-order valence-electron chi connectivity index (χ2n) is 4.12. The second kappa shape index (κ2) is 7.63. The van der Waals surface area contributed by atoms with E-state index in [-0.39, 0.29) is 24.4 Å². The number of halogens is 3. The average molecular weight is 316 g/mol. The van der Waals surface area contributed by atoms with Crippen LogP contribution < -0.4 is 0 Å². The van der Waals surface area contributed by atoms with Crippen LogP contribution in [0.2, 0.25) is 0 Å². The molecule has 120 valence electrons. The fourth-order valence-corrected chi connectivity index (χ4v) is 1.55. The number of carbonyl (C=O) groups is 2. The van der Waals surface area contributed by atoms with E-state index in [0.29, 0.717) is 0 Å². The molecule has 4 nitrogen and oxygen atoms in total. The van der Waals surface area contributed by atoms with Gasteiger partial charge >= 0.3 is 18.1 Å². The molecule has 1 aromatic rings. The van der Waals surface area contributed by atoms with Gasteiger partial charge in [-0.2, -0.15) is 13.2 Å². The van der Waals surface area contributed by atoms with Crippen molar-refractivity contribution < 1.29 is 32.2 Å². The molecular weight excluding hydrogens is 301 g/mol. The number of alkyl halides is 3. The standard InChI is InChI=1S/C15H15F3O4/c1-3-21-13(19)12(14(20)22-4-2)9-10-5-7-11(8-6-10)15(16,17)18/h5-9H,3-4H2,1-2H3. The van der Waals surface area contributed by atoms with Crippen LogP contribution in [-0.4, -0.2) is 25.2 Å². The fraction of sp³-hybridized carbons (Fsp3) is 0.333. The third-order valence-corrected chi connectivity index (χ3v) is 2.54. The highest BCUT2D eigenvalue weighted by Crippen LogP contribution is 2.29. The summed E-state index contributed by atoms with van der Waals surface area (Å²) in [7, 11) is 0. The molecule has 0 saturated carbocycles. The van der Waals surface area contributed by atoms with Crippen molar-refractivity contribution >= 4 is 18.0 Å². The number of carbonyl (C=O) groups excluding carboxylic acids is 2. The molecule has 0 aliphatic rings. The first-order valence-electron chi connectivity index (χ1n) is 6.52. The van der Waals surface area contributed by atoms with Gasteiger partial charge in [0.2, 0.25) is 0 Å². The number of hydrogen-bond donors (Lipinski definition) is 0. The van der Waals surface area contributed by atoms with E-state index < -0.39 is 23.7 Å². The van der Waals surface area contributed by atoms with E-state index in [1.54, 1.807) is 13.8 Å². The summed E-state index contributed by atoms with van der Waals surface area (Å²) in [5, 5.41) is 0. The first kappa shape index (κ1) is 17.7. The summed E-state index contributed by atoms with van der Waals surface area (Å²) in [4.78, 5) is 23.4. The smallest absolute Gasteiger partial charge is 0.416 e. The van der Waals surface area contributed by atoms with Crippen molar-refractivity contribution in [2.75, 3.05) is 13.2 Å². The topological polar surface area (TPSA) is 52.6 Å². The molecule has 1 aromatic carbocycles. The zero-order valence-electron chi connectivity index (χ0n) is 12.1. The highest BCUT2D eigenvalue weighted by molar-refractivity contribution is 6.17. The highest BCUT2D eigenvalue weighted by atomic mass is 19.4. The largest absolute Gasteiger partial charge is 0.462 e. The Balaban J connectivity index is 3.10. The zero-order chi connectivity index (χ0) is 16.8. The third kappa shape index (κ3) is 4.91. The number of ether oxygens (including phenoxy) is 2. The van der Waals surface area contributed by atoms with Gasteiger partial charge in [0.25, 0.3) is 0 Å².